The topological polar surface area (TPSA) is 77.7 Å². The number of hydrogen-bond donors (Lipinski definition) is 0. The molecule has 0 aliphatic heterocycles. The van der Waals surface area contributed by atoms with E-state index in [-0.39, 0.29) is 10.8 Å². The Bertz CT molecular complexity index is 1210. The summed E-state index contributed by atoms with van der Waals surface area (Å²) in [7, 11) is -1.49. The van der Waals surface area contributed by atoms with Gasteiger partial charge < -0.3 is 9.30 Å². The van der Waals surface area contributed by atoms with Crippen LogP contribution in [-0.4, -0.2) is 31.8 Å². The number of amides is 1. The molecule has 0 bridgehead atoms. The average molecular weight is 433 g/mol. The van der Waals surface area contributed by atoms with Crippen molar-refractivity contribution in [3.63, 3.8) is 0 Å². The van der Waals surface area contributed by atoms with Gasteiger partial charge >= 0.3 is 0 Å². The zero-order valence-electron chi connectivity index (χ0n) is 16.7. The molecule has 0 radical (unpaired) electrons. The fraction of sp³-hybridized carbons (Fsp3) is 0.333. The lowest BCUT2D eigenvalue weighted by Gasteiger charge is -2.06. The van der Waals surface area contributed by atoms with Crippen molar-refractivity contribution in [3.8, 4) is 5.75 Å². The van der Waals surface area contributed by atoms with Gasteiger partial charge in [0, 0.05) is 18.9 Å². The highest BCUT2D eigenvalue weighted by Gasteiger charge is 2.12. The van der Waals surface area contributed by atoms with Crippen LogP contribution >= 0.6 is 11.3 Å². The molecule has 154 valence electrons. The summed E-state index contributed by atoms with van der Waals surface area (Å²) in [5.41, 5.74) is 1.27. The highest BCUT2D eigenvalue weighted by Crippen LogP contribution is 2.21. The summed E-state index contributed by atoms with van der Waals surface area (Å²) in [6.45, 7) is 2.76. The maximum absolute atomic E-state index is 12.7. The first-order valence-corrected chi connectivity index (χ1v) is 12.1. The van der Waals surface area contributed by atoms with Crippen LogP contribution in [0.3, 0.4) is 0 Å². The van der Waals surface area contributed by atoms with E-state index < -0.39 is 9.84 Å². The molecule has 3 aromatic rings. The van der Waals surface area contributed by atoms with Crippen LogP contribution in [0.5, 0.6) is 5.75 Å². The molecule has 0 saturated carbocycles. The normalized spacial score (nSPS) is 12.4. The van der Waals surface area contributed by atoms with Crippen LogP contribution in [0.25, 0.3) is 10.2 Å². The number of aromatic nitrogens is 1. The second kappa shape index (κ2) is 8.92. The molecule has 0 aliphatic carbocycles. The van der Waals surface area contributed by atoms with Crippen LogP contribution in [0.2, 0.25) is 0 Å². The lowest BCUT2D eigenvalue weighted by atomic mass is 10.2. The molecule has 1 aromatic heterocycles. The lowest BCUT2D eigenvalue weighted by Crippen LogP contribution is -2.13. The lowest BCUT2D eigenvalue weighted by molar-refractivity contribution is 0.0997. The van der Waals surface area contributed by atoms with E-state index in [1.165, 1.54) is 17.6 Å². The zero-order valence-corrected chi connectivity index (χ0v) is 18.3. The Hall–Kier alpha value is -2.45. The van der Waals surface area contributed by atoms with E-state index in [0.29, 0.717) is 22.7 Å². The summed E-state index contributed by atoms with van der Waals surface area (Å²) >= 11 is 1.28. The van der Waals surface area contributed by atoms with Gasteiger partial charge in [-0.3, -0.25) is 4.79 Å². The van der Waals surface area contributed by atoms with Crippen LogP contribution in [0.1, 0.15) is 36.5 Å². The third kappa shape index (κ3) is 5.13. The Labute approximate surface area is 174 Å². The first-order chi connectivity index (χ1) is 13.8. The standard InChI is InChI=1S/C21H24N2O4S2/c1-4-5-6-12-27-16-9-7-8-15(13-16)20(24)22-21-23(2)18-11-10-17(29(3,25)26)14-19(18)28-21/h7-11,13-14H,4-6,12H2,1-3H3/b22-21-. The van der Waals surface area contributed by atoms with E-state index in [2.05, 4.69) is 11.9 Å². The first-order valence-electron chi connectivity index (χ1n) is 9.41. The van der Waals surface area contributed by atoms with E-state index >= 15 is 0 Å². The number of ether oxygens (including phenoxy) is 1. The summed E-state index contributed by atoms with van der Waals surface area (Å²) < 4.78 is 31.8. The van der Waals surface area contributed by atoms with Gasteiger partial charge in [0.2, 0.25) is 0 Å². The molecule has 0 unspecified atom stereocenters. The Balaban J connectivity index is 1.89. The van der Waals surface area contributed by atoms with Crippen molar-refractivity contribution < 1.29 is 17.9 Å². The van der Waals surface area contributed by atoms with E-state index in [9.17, 15) is 13.2 Å². The maximum atomic E-state index is 12.7. The van der Waals surface area contributed by atoms with Crippen LogP contribution < -0.4 is 9.54 Å². The minimum absolute atomic E-state index is 0.248. The van der Waals surface area contributed by atoms with Crippen molar-refractivity contribution in [1.29, 1.82) is 0 Å². The number of unbranched alkanes of at least 4 members (excludes halogenated alkanes) is 2. The van der Waals surface area contributed by atoms with Crippen molar-refractivity contribution in [1.82, 2.24) is 4.57 Å². The number of nitrogens with zero attached hydrogens (tertiary/aromatic N) is 2. The molecule has 3 rings (SSSR count). The molecular formula is C21H24N2O4S2. The second-order valence-corrected chi connectivity index (χ2v) is 9.87. The van der Waals surface area contributed by atoms with Gasteiger partial charge in [-0.25, -0.2) is 8.42 Å². The Morgan fingerprint density at radius 2 is 1.97 bits per heavy atom. The minimum atomic E-state index is -3.29. The van der Waals surface area contributed by atoms with Crippen LogP contribution in [-0.2, 0) is 16.9 Å². The largest absolute Gasteiger partial charge is 0.494 e. The molecule has 2 aromatic carbocycles. The Morgan fingerprint density at radius 1 is 1.17 bits per heavy atom. The number of sulfone groups is 1. The quantitative estimate of drug-likeness (QED) is 0.530. The first kappa shape index (κ1) is 21.3. The highest BCUT2D eigenvalue weighted by atomic mass is 32.2. The molecule has 0 spiro atoms. The smallest absolute Gasteiger partial charge is 0.279 e. The number of rotatable bonds is 7. The molecule has 8 heteroatoms. The van der Waals surface area contributed by atoms with E-state index in [1.54, 1.807) is 48.0 Å². The van der Waals surface area contributed by atoms with Gasteiger partial charge in [0.05, 0.1) is 21.7 Å². The SMILES string of the molecule is CCCCCOc1cccc(C(=O)/N=c2\sc3cc(S(C)(=O)=O)ccc3n2C)c1. The minimum Gasteiger partial charge on any atom is -0.494 e. The van der Waals surface area contributed by atoms with E-state index in [0.717, 1.165) is 29.5 Å². The predicted molar refractivity (Wildman–Crippen MR) is 115 cm³/mol. The molecule has 1 heterocycles. The summed E-state index contributed by atoms with van der Waals surface area (Å²) in [4.78, 5) is 17.7. The Kier molecular flexibility index (Phi) is 6.54. The van der Waals surface area contributed by atoms with Crippen molar-refractivity contribution in [3.05, 3.63) is 52.8 Å². The van der Waals surface area contributed by atoms with Gasteiger partial charge in [0.15, 0.2) is 14.6 Å². The van der Waals surface area contributed by atoms with Gasteiger partial charge in [0.25, 0.3) is 5.91 Å². The van der Waals surface area contributed by atoms with Gasteiger partial charge in [-0.1, -0.05) is 37.2 Å². The fourth-order valence-corrected chi connectivity index (χ4v) is 4.64. The summed E-state index contributed by atoms with van der Waals surface area (Å²) in [5, 5.41) is 0. The van der Waals surface area contributed by atoms with Crippen LogP contribution in [0.4, 0.5) is 0 Å². The number of fused-ring (bicyclic) bond motifs is 1. The number of benzene rings is 2. The summed E-state index contributed by atoms with van der Waals surface area (Å²) in [6, 6.07) is 11.9. The van der Waals surface area contributed by atoms with E-state index in [1.807, 2.05) is 6.07 Å². The molecule has 29 heavy (non-hydrogen) atoms. The molecule has 0 atom stereocenters. The molecule has 0 N–H and O–H groups in total. The van der Waals surface area contributed by atoms with Gasteiger partial charge in [0.1, 0.15) is 5.75 Å². The van der Waals surface area contributed by atoms with Gasteiger partial charge in [-0.2, -0.15) is 4.99 Å². The highest BCUT2D eigenvalue weighted by molar-refractivity contribution is 7.90. The van der Waals surface area contributed by atoms with Crippen LogP contribution in [0.15, 0.2) is 52.4 Å². The third-order valence-electron chi connectivity index (χ3n) is 4.50. The van der Waals surface area contributed by atoms with Crippen molar-refractivity contribution in [2.24, 2.45) is 12.0 Å². The number of hydrogen-bond acceptors (Lipinski definition) is 5. The van der Waals surface area contributed by atoms with Gasteiger partial charge in [-0.05, 0) is 42.8 Å². The maximum Gasteiger partial charge on any atom is 0.279 e. The second-order valence-electron chi connectivity index (χ2n) is 6.85. The van der Waals surface area contributed by atoms with E-state index in [4.69, 9.17) is 4.74 Å². The zero-order chi connectivity index (χ0) is 21.0. The van der Waals surface area contributed by atoms with Crippen LogP contribution in [0, 0.1) is 0 Å². The molecule has 0 aliphatic rings. The molecule has 0 saturated heterocycles. The predicted octanol–water partition coefficient (Wildman–Crippen LogP) is 3.95. The summed E-state index contributed by atoms with van der Waals surface area (Å²) in [6.07, 6.45) is 4.39. The number of thiazole rings is 1. The van der Waals surface area contributed by atoms with Crippen molar-refractivity contribution >= 4 is 37.3 Å². The number of carbonyl (C=O) groups excluding carboxylic acids is 1. The third-order valence-corrected chi connectivity index (χ3v) is 6.71. The van der Waals surface area contributed by atoms with Crippen molar-refractivity contribution in [2.45, 2.75) is 31.1 Å². The number of aryl methyl sites for hydroxylation is 1. The molecule has 6 nitrogen and oxygen atoms in total. The monoisotopic (exact) mass is 432 g/mol. The number of carbonyl (C=O) groups is 1. The van der Waals surface area contributed by atoms with Gasteiger partial charge in [-0.15, -0.1) is 0 Å². The summed E-state index contributed by atoms with van der Waals surface area (Å²) in [5.74, 6) is 0.287. The molecular weight excluding hydrogens is 408 g/mol. The molecule has 1 amide bonds. The average Bonchev–Trinajstić information content (AvgIpc) is 3.00. The molecule has 0 fully saturated rings. The fourth-order valence-electron chi connectivity index (χ4n) is 2.86. The Morgan fingerprint density at radius 3 is 2.69 bits per heavy atom. The van der Waals surface area contributed by atoms with Crippen molar-refractivity contribution in [2.75, 3.05) is 12.9 Å².